The Morgan fingerprint density at radius 3 is 2.42 bits per heavy atom. The summed E-state index contributed by atoms with van der Waals surface area (Å²) in [7, 11) is 0. The van der Waals surface area contributed by atoms with Crippen molar-refractivity contribution in [3.8, 4) is 6.07 Å². The first-order valence-corrected chi connectivity index (χ1v) is 3.98. The van der Waals surface area contributed by atoms with Crippen LogP contribution in [-0.2, 0) is 0 Å². The quantitative estimate of drug-likeness (QED) is 0.503. The Balaban J connectivity index is 4.25. The Morgan fingerprint density at radius 1 is 1.50 bits per heavy atom. The van der Waals surface area contributed by atoms with Gasteiger partial charge in [0.2, 0.25) is 0 Å². The molecule has 2 nitrogen and oxygen atoms in total. The van der Waals surface area contributed by atoms with E-state index in [1.807, 2.05) is 6.08 Å². The molecule has 0 rings (SSSR count). The number of allylic oxidation sites excluding steroid dienone is 3. The number of nitrogens with zero attached hydrogens (tertiary/aromatic N) is 1. The fraction of sp³-hybridized carbons (Fsp3) is 0.500. The molecule has 0 radical (unpaired) electrons. The largest absolute Gasteiger partial charge is 0.405 e. The van der Waals surface area contributed by atoms with Crippen LogP contribution in [0, 0.1) is 16.7 Å². The second-order valence-corrected chi connectivity index (χ2v) is 3.90. The monoisotopic (exact) mass is 164 g/mol. The summed E-state index contributed by atoms with van der Waals surface area (Å²) in [5.41, 5.74) is 6.03. The van der Waals surface area contributed by atoms with Crippen LogP contribution in [-0.4, -0.2) is 0 Å². The van der Waals surface area contributed by atoms with E-state index in [9.17, 15) is 0 Å². The third-order valence-corrected chi connectivity index (χ3v) is 1.34. The summed E-state index contributed by atoms with van der Waals surface area (Å²) < 4.78 is 0. The Bertz CT molecular complexity index is 223. The fourth-order valence-electron chi connectivity index (χ4n) is 0.671. The molecule has 0 aliphatic heterocycles. The number of hydrogen-bond acceptors (Lipinski definition) is 2. The standard InChI is InChI=1S/C10H16N2/c1-10(2,3)6-4-9(8-12)5-7-11/h4-5,7H,6,11H2,1-3H3/b7-5-,9-4+. The van der Waals surface area contributed by atoms with Crippen LogP contribution < -0.4 is 5.73 Å². The van der Waals surface area contributed by atoms with E-state index >= 15 is 0 Å². The molecule has 0 saturated heterocycles. The number of nitrogens with two attached hydrogens (primary N) is 1. The highest BCUT2D eigenvalue weighted by Gasteiger charge is 2.07. The van der Waals surface area contributed by atoms with E-state index in [0.29, 0.717) is 5.57 Å². The first-order valence-electron chi connectivity index (χ1n) is 3.98. The van der Waals surface area contributed by atoms with Crippen LogP contribution in [0.1, 0.15) is 27.2 Å². The molecule has 0 aromatic heterocycles. The van der Waals surface area contributed by atoms with Crippen molar-refractivity contribution < 1.29 is 0 Å². The molecular formula is C10H16N2. The van der Waals surface area contributed by atoms with Crippen LogP contribution in [0.2, 0.25) is 0 Å². The molecule has 12 heavy (non-hydrogen) atoms. The summed E-state index contributed by atoms with van der Waals surface area (Å²) in [6.45, 7) is 6.39. The van der Waals surface area contributed by atoms with Gasteiger partial charge in [0.05, 0.1) is 6.07 Å². The summed E-state index contributed by atoms with van der Waals surface area (Å²) in [4.78, 5) is 0. The van der Waals surface area contributed by atoms with E-state index in [-0.39, 0.29) is 5.41 Å². The molecule has 0 saturated carbocycles. The van der Waals surface area contributed by atoms with Crippen molar-refractivity contribution in [2.24, 2.45) is 11.1 Å². The molecule has 0 amide bonds. The lowest BCUT2D eigenvalue weighted by molar-refractivity contribution is 0.420. The minimum absolute atomic E-state index is 0.227. The van der Waals surface area contributed by atoms with Crippen LogP contribution in [0.5, 0.6) is 0 Å². The van der Waals surface area contributed by atoms with Gasteiger partial charge in [-0.15, -0.1) is 0 Å². The van der Waals surface area contributed by atoms with Crippen molar-refractivity contribution in [2.45, 2.75) is 27.2 Å². The number of rotatable bonds is 2. The van der Waals surface area contributed by atoms with Gasteiger partial charge < -0.3 is 5.73 Å². The lowest BCUT2D eigenvalue weighted by atomic mass is 9.91. The molecule has 2 heteroatoms. The molecule has 0 atom stereocenters. The number of nitriles is 1. The Labute approximate surface area is 74.4 Å². The van der Waals surface area contributed by atoms with Crippen LogP contribution in [0.4, 0.5) is 0 Å². The van der Waals surface area contributed by atoms with Crippen LogP contribution in [0.25, 0.3) is 0 Å². The summed E-state index contributed by atoms with van der Waals surface area (Å²) >= 11 is 0. The summed E-state index contributed by atoms with van der Waals surface area (Å²) in [6.07, 6.45) is 5.80. The van der Waals surface area contributed by atoms with Gasteiger partial charge in [-0.05, 0) is 24.1 Å². The summed E-state index contributed by atoms with van der Waals surface area (Å²) in [6, 6.07) is 2.07. The zero-order valence-electron chi connectivity index (χ0n) is 7.96. The maximum Gasteiger partial charge on any atom is 0.0988 e. The molecule has 0 fully saturated rings. The van der Waals surface area contributed by atoms with Crippen molar-refractivity contribution in [2.75, 3.05) is 0 Å². The third kappa shape index (κ3) is 5.55. The second kappa shape index (κ2) is 4.61. The van der Waals surface area contributed by atoms with Gasteiger partial charge in [-0.3, -0.25) is 0 Å². The SMILES string of the molecule is CC(C)(C)C/C=C(C#N)\C=C/N. The summed E-state index contributed by atoms with van der Waals surface area (Å²) in [5, 5.41) is 8.63. The van der Waals surface area contributed by atoms with Crippen LogP contribution >= 0.6 is 0 Å². The minimum Gasteiger partial charge on any atom is -0.405 e. The predicted octanol–water partition coefficient (Wildman–Crippen LogP) is 2.34. The first kappa shape index (κ1) is 10.8. The molecular weight excluding hydrogens is 148 g/mol. The normalized spacial score (nSPS) is 13.3. The van der Waals surface area contributed by atoms with Crippen molar-refractivity contribution in [3.63, 3.8) is 0 Å². The molecule has 0 aliphatic carbocycles. The lowest BCUT2D eigenvalue weighted by Gasteiger charge is -2.14. The minimum atomic E-state index is 0.227. The van der Waals surface area contributed by atoms with Gasteiger partial charge in [0.15, 0.2) is 0 Å². The van der Waals surface area contributed by atoms with Crippen molar-refractivity contribution in [1.82, 2.24) is 0 Å². The molecule has 66 valence electrons. The zero-order valence-corrected chi connectivity index (χ0v) is 7.96. The van der Waals surface area contributed by atoms with Crippen LogP contribution in [0.3, 0.4) is 0 Å². The molecule has 0 aromatic rings. The van der Waals surface area contributed by atoms with E-state index in [2.05, 4.69) is 26.8 Å². The first-order chi connectivity index (χ1) is 5.49. The molecule has 0 spiro atoms. The molecule has 0 bridgehead atoms. The highest BCUT2D eigenvalue weighted by atomic mass is 14.5. The van der Waals surface area contributed by atoms with E-state index in [1.165, 1.54) is 6.20 Å². The molecule has 0 aromatic carbocycles. The topological polar surface area (TPSA) is 49.8 Å². The highest BCUT2D eigenvalue weighted by Crippen LogP contribution is 2.19. The molecule has 0 aliphatic rings. The Kier molecular flexibility index (Phi) is 4.14. The van der Waals surface area contributed by atoms with Gasteiger partial charge >= 0.3 is 0 Å². The van der Waals surface area contributed by atoms with E-state index < -0.39 is 0 Å². The fourth-order valence-corrected chi connectivity index (χ4v) is 0.671. The smallest absolute Gasteiger partial charge is 0.0988 e. The second-order valence-electron chi connectivity index (χ2n) is 3.90. The average Bonchev–Trinajstić information content (AvgIpc) is 1.96. The van der Waals surface area contributed by atoms with E-state index in [1.54, 1.807) is 6.08 Å². The third-order valence-electron chi connectivity index (χ3n) is 1.34. The van der Waals surface area contributed by atoms with Crippen molar-refractivity contribution in [3.05, 3.63) is 23.9 Å². The molecule has 0 heterocycles. The van der Waals surface area contributed by atoms with Gasteiger partial charge in [-0.25, -0.2) is 0 Å². The maximum absolute atomic E-state index is 8.63. The van der Waals surface area contributed by atoms with E-state index in [4.69, 9.17) is 11.0 Å². The molecule has 2 N–H and O–H groups in total. The summed E-state index contributed by atoms with van der Waals surface area (Å²) in [5.74, 6) is 0. The predicted molar refractivity (Wildman–Crippen MR) is 51.1 cm³/mol. The van der Waals surface area contributed by atoms with Gasteiger partial charge in [-0.1, -0.05) is 26.8 Å². The maximum atomic E-state index is 8.63. The Morgan fingerprint density at radius 2 is 2.08 bits per heavy atom. The van der Waals surface area contributed by atoms with Gasteiger partial charge in [0, 0.05) is 5.57 Å². The van der Waals surface area contributed by atoms with E-state index in [0.717, 1.165) is 6.42 Å². The highest BCUT2D eigenvalue weighted by molar-refractivity contribution is 5.32. The molecule has 0 unspecified atom stereocenters. The van der Waals surface area contributed by atoms with Crippen molar-refractivity contribution >= 4 is 0 Å². The Hall–Kier alpha value is -1.23. The number of hydrogen-bond donors (Lipinski definition) is 1. The average molecular weight is 164 g/mol. The van der Waals surface area contributed by atoms with Crippen LogP contribution in [0.15, 0.2) is 23.9 Å². The zero-order chi connectivity index (χ0) is 9.61. The van der Waals surface area contributed by atoms with Crippen molar-refractivity contribution in [1.29, 1.82) is 5.26 Å². The van der Waals surface area contributed by atoms with Gasteiger partial charge in [0.25, 0.3) is 0 Å². The van der Waals surface area contributed by atoms with Gasteiger partial charge in [-0.2, -0.15) is 5.26 Å². The lowest BCUT2D eigenvalue weighted by Crippen LogP contribution is -2.02. The van der Waals surface area contributed by atoms with Gasteiger partial charge in [0.1, 0.15) is 0 Å².